The van der Waals surface area contributed by atoms with Crippen molar-refractivity contribution in [3.63, 3.8) is 0 Å². The van der Waals surface area contributed by atoms with Gasteiger partial charge in [-0.3, -0.25) is 9.59 Å². The number of hydrogen-bond acceptors (Lipinski definition) is 2. The highest BCUT2D eigenvalue weighted by atomic mass is 35.5. The van der Waals surface area contributed by atoms with Crippen molar-refractivity contribution in [2.45, 2.75) is 31.1 Å². The van der Waals surface area contributed by atoms with E-state index in [2.05, 4.69) is 5.32 Å². The van der Waals surface area contributed by atoms with Crippen molar-refractivity contribution in [3.8, 4) is 0 Å². The van der Waals surface area contributed by atoms with E-state index < -0.39 is 5.92 Å². The van der Waals surface area contributed by atoms with Gasteiger partial charge >= 0.3 is 0 Å². The molecule has 0 spiro atoms. The van der Waals surface area contributed by atoms with E-state index in [1.54, 1.807) is 30.3 Å². The van der Waals surface area contributed by atoms with Crippen LogP contribution in [0.25, 0.3) is 0 Å². The van der Waals surface area contributed by atoms with Gasteiger partial charge in [-0.2, -0.15) is 0 Å². The number of carbonyl (C=O) groups is 2. The molecule has 1 aliphatic carbocycles. The van der Waals surface area contributed by atoms with Crippen molar-refractivity contribution in [1.29, 1.82) is 0 Å². The molecule has 1 aliphatic heterocycles. The molecule has 0 bridgehead atoms. The first-order valence-corrected chi connectivity index (χ1v) is 9.45. The van der Waals surface area contributed by atoms with E-state index in [9.17, 15) is 14.0 Å². The summed E-state index contributed by atoms with van der Waals surface area (Å²) in [5.41, 5.74) is 2.82. The summed E-state index contributed by atoms with van der Waals surface area (Å²) in [5, 5.41) is 3.64. The van der Waals surface area contributed by atoms with Crippen LogP contribution in [0.15, 0.2) is 53.7 Å². The second-order valence-electron chi connectivity index (χ2n) is 6.92. The van der Waals surface area contributed by atoms with Crippen molar-refractivity contribution in [1.82, 2.24) is 5.32 Å². The lowest BCUT2D eigenvalue weighted by Crippen LogP contribution is -2.38. The monoisotopic (exact) mass is 403 g/mol. The Kier molecular flexibility index (Phi) is 4.79. The quantitative estimate of drug-likeness (QED) is 0.754. The highest BCUT2D eigenvalue weighted by Gasteiger charge is 2.39. The number of Topliss-reactive ketones (excluding diaryl/α,β-unsaturated/α-hetero) is 1. The van der Waals surface area contributed by atoms with Crippen molar-refractivity contribution in [2.75, 3.05) is 0 Å². The number of ketones is 1. The van der Waals surface area contributed by atoms with Gasteiger partial charge in [-0.25, -0.2) is 4.39 Å². The van der Waals surface area contributed by atoms with Gasteiger partial charge in [-0.15, -0.1) is 0 Å². The molecule has 0 saturated heterocycles. The van der Waals surface area contributed by atoms with E-state index in [-0.39, 0.29) is 29.8 Å². The highest BCUT2D eigenvalue weighted by Crippen LogP contribution is 2.45. The number of hydrogen-bond donors (Lipinski definition) is 1. The molecule has 0 fully saturated rings. The van der Waals surface area contributed by atoms with Crippen LogP contribution in [0.5, 0.6) is 0 Å². The van der Waals surface area contributed by atoms with Gasteiger partial charge in [0.15, 0.2) is 5.78 Å². The van der Waals surface area contributed by atoms with Crippen LogP contribution in [-0.4, -0.2) is 11.7 Å². The zero-order valence-corrected chi connectivity index (χ0v) is 15.8. The summed E-state index contributed by atoms with van der Waals surface area (Å²) in [5.74, 6) is -0.983. The predicted octanol–water partition coefficient (Wildman–Crippen LogP) is 5.14. The van der Waals surface area contributed by atoms with Crippen molar-refractivity contribution in [2.24, 2.45) is 0 Å². The van der Waals surface area contributed by atoms with Gasteiger partial charge < -0.3 is 5.32 Å². The van der Waals surface area contributed by atoms with E-state index in [0.29, 0.717) is 39.7 Å². The van der Waals surface area contributed by atoms with Crippen LogP contribution in [0.4, 0.5) is 4.39 Å². The fraction of sp³-hybridized carbons (Fsp3) is 0.238. The molecule has 2 aromatic rings. The van der Waals surface area contributed by atoms with Crippen molar-refractivity contribution < 1.29 is 14.0 Å². The summed E-state index contributed by atoms with van der Waals surface area (Å²) in [6, 6.07) is 11.4. The lowest BCUT2D eigenvalue weighted by molar-refractivity contribution is -0.122. The Balaban J connectivity index is 1.74. The topological polar surface area (TPSA) is 46.2 Å². The van der Waals surface area contributed by atoms with Gasteiger partial charge in [0.25, 0.3) is 0 Å². The Morgan fingerprint density at radius 3 is 2.44 bits per heavy atom. The molecule has 3 nitrogen and oxygen atoms in total. The summed E-state index contributed by atoms with van der Waals surface area (Å²) >= 11 is 12.5. The second-order valence-corrected chi connectivity index (χ2v) is 7.71. The third kappa shape index (κ3) is 3.40. The summed E-state index contributed by atoms with van der Waals surface area (Å²) in [6.45, 7) is 0. The number of carbonyl (C=O) groups excluding carboxylic acids is 2. The number of nitrogens with one attached hydrogen (secondary N) is 1. The van der Waals surface area contributed by atoms with Crippen LogP contribution in [0.2, 0.25) is 10.0 Å². The van der Waals surface area contributed by atoms with Crippen LogP contribution in [-0.2, 0) is 9.59 Å². The molecule has 1 N–H and O–H groups in total. The maximum Gasteiger partial charge on any atom is 0.225 e. The maximum atomic E-state index is 13.2. The molecule has 1 amide bonds. The number of amides is 1. The SMILES string of the molecule is O=C1C[C@H](c2cccc(Cl)c2Cl)C2=C(C[C@@H](c3ccc(F)cc3)CC2=O)N1. The Labute approximate surface area is 166 Å². The van der Waals surface area contributed by atoms with E-state index in [1.807, 2.05) is 0 Å². The van der Waals surface area contributed by atoms with E-state index >= 15 is 0 Å². The predicted molar refractivity (Wildman–Crippen MR) is 102 cm³/mol. The number of benzene rings is 2. The van der Waals surface area contributed by atoms with Gasteiger partial charge in [0.05, 0.1) is 10.0 Å². The average molecular weight is 404 g/mol. The first kappa shape index (κ1) is 18.2. The summed E-state index contributed by atoms with van der Waals surface area (Å²) < 4.78 is 13.2. The molecule has 4 rings (SSSR count). The molecule has 0 radical (unpaired) electrons. The van der Waals surface area contributed by atoms with Gasteiger partial charge in [-0.05, 0) is 41.7 Å². The van der Waals surface area contributed by atoms with Gasteiger partial charge in [0.2, 0.25) is 5.91 Å². The third-order valence-corrected chi connectivity index (χ3v) is 6.07. The molecule has 0 aromatic heterocycles. The first-order valence-electron chi connectivity index (χ1n) is 8.69. The largest absolute Gasteiger partial charge is 0.329 e. The number of allylic oxidation sites excluding steroid dienone is 2. The van der Waals surface area contributed by atoms with E-state index in [0.717, 1.165) is 5.56 Å². The third-order valence-electron chi connectivity index (χ3n) is 5.23. The standard InChI is InChI=1S/C21H16Cl2FNO2/c22-16-3-1-2-14(21(16)23)15-10-19(27)25-17-8-12(9-18(26)20(15)17)11-4-6-13(24)7-5-11/h1-7,12,15H,8-10H2,(H,25,27)/t12-,15-/m1/s1. The van der Waals surface area contributed by atoms with E-state index in [1.165, 1.54) is 12.1 Å². The van der Waals surface area contributed by atoms with Crippen LogP contribution in [0.3, 0.4) is 0 Å². The smallest absolute Gasteiger partial charge is 0.225 e. The summed E-state index contributed by atoms with van der Waals surface area (Å²) in [6.07, 6.45) is 0.994. The second kappa shape index (κ2) is 7.10. The molecule has 1 heterocycles. The highest BCUT2D eigenvalue weighted by molar-refractivity contribution is 6.42. The van der Waals surface area contributed by atoms with Crippen molar-refractivity contribution in [3.05, 3.63) is 80.7 Å². The Hall–Kier alpha value is -2.17. The fourth-order valence-electron chi connectivity index (χ4n) is 3.99. The molecule has 2 aromatic carbocycles. The molecule has 0 unspecified atom stereocenters. The molecular weight excluding hydrogens is 388 g/mol. The minimum Gasteiger partial charge on any atom is -0.329 e. The summed E-state index contributed by atoms with van der Waals surface area (Å²) in [4.78, 5) is 25.3. The molecule has 27 heavy (non-hydrogen) atoms. The van der Waals surface area contributed by atoms with Gasteiger partial charge in [0.1, 0.15) is 5.82 Å². The Bertz CT molecular complexity index is 969. The number of halogens is 3. The van der Waals surface area contributed by atoms with Gasteiger partial charge in [-0.1, -0.05) is 47.5 Å². The summed E-state index contributed by atoms with van der Waals surface area (Å²) in [7, 11) is 0. The van der Waals surface area contributed by atoms with Crippen LogP contribution >= 0.6 is 23.2 Å². The Morgan fingerprint density at radius 1 is 0.963 bits per heavy atom. The molecule has 2 aliphatic rings. The fourth-order valence-corrected chi connectivity index (χ4v) is 4.43. The van der Waals surface area contributed by atoms with Crippen LogP contribution in [0, 0.1) is 5.82 Å². The van der Waals surface area contributed by atoms with E-state index in [4.69, 9.17) is 23.2 Å². The zero-order chi connectivity index (χ0) is 19.1. The van der Waals surface area contributed by atoms with Crippen LogP contribution in [0.1, 0.15) is 42.2 Å². The molecular formula is C21H16Cl2FNO2. The van der Waals surface area contributed by atoms with Crippen molar-refractivity contribution >= 4 is 34.9 Å². The normalized spacial score (nSPS) is 22.5. The molecule has 138 valence electrons. The lowest BCUT2D eigenvalue weighted by Gasteiger charge is -2.34. The minimum atomic E-state index is -0.401. The Morgan fingerprint density at radius 2 is 1.70 bits per heavy atom. The van der Waals surface area contributed by atoms with Crippen LogP contribution < -0.4 is 5.32 Å². The average Bonchev–Trinajstić information content (AvgIpc) is 2.63. The molecule has 2 atom stereocenters. The van der Waals surface area contributed by atoms with Gasteiger partial charge in [0, 0.05) is 30.0 Å². The minimum absolute atomic E-state index is 0.0217. The molecule has 0 saturated carbocycles. The first-order chi connectivity index (χ1) is 12.9. The zero-order valence-electron chi connectivity index (χ0n) is 14.3. The molecule has 6 heteroatoms. The number of rotatable bonds is 2. The maximum absolute atomic E-state index is 13.2. The lowest BCUT2D eigenvalue weighted by atomic mass is 9.73.